The number of carbonyl (C=O) groups is 2. The Balaban J connectivity index is 4.26. The molecule has 0 aromatic rings. The Hall–Kier alpha value is -0.980. The molecule has 0 bridgehead atoms. The van der Waals surface area contributed by atoms with Crippen LogP contribution in [0.5, 0.6) is 0 Å². The minimum absolute atomic E-state index is 0.0208. The van der Waals surface area contributed by atoms with Gasteiger partial charge in [0.2, 0.25) is 5.91 Å². The summed E-state index contributed by atoms with van der Waals surface area (Å²) in [6, 6.07) is -0.375. The van der Waals surface area contributed by atoms with Crippen molar-refractivity contribution in [3.05, 3.63) is 0 Å². The summed E-state index contributed by atoms with van der Waals surface area (Å²) in [5, 5.41) is 31.4. The van der Waals surface area contributed by atoms with Crippen molar-refractivity contribution in [2.45, 2.75) is 90.7 Å². The third kappa shape index (κ3) is 12.4. The maximum atomic E-state index is 12.2. The van der Waals surface area contributed by atoms with E-state index < -0.39 is 24.5 Å². The van der Waals surface area contributed by atoms with Gasteiger partial charge in [-0.1, -0.05) is 52.9 Å². The van der Waals surface area contributed by atoms with Crippen molar-refractivity contribution in [1.82, 2.24) is 5.32 Å². The summed E-state index contributed by atoms with van der Waals surface area (Å²) >= 11 is 0. The highest BCUT2D eigenvalue weighted by atomic mass is 16.3. The number of carbonyl (C=O) groups excluding carboxylic acids is 2. The summed E-state index contributed by atoms with van der Waals surface area (Å²) < 4.78 is 0. The quantitative estimate of drug-likeness (QED) is 0.310. The lowest BCUT2D eigenvalue weighted by Gasteiger charge is -2.21. The molecule has 0 spiro atoms. The Morgan fingerprint density at radius 3 is 2.15 bits per heavy atom. The predicted octanol–water partition coefficient (Wildman–Crippen LogP) is 2.19. The van der Waals surface area contributed by atoms with Crippen molar-refractivity contribution in [3.63, 3.8) is 0 Å². The molecule has 26 heavy (non-hydrogen) atoms. The molecule has 6 nitrogen and oxygen atoms in total. The maximum Gasteiger partial charge on any atom is 0.226 e. The molecule has 0 aromatic carbocycles. The van der Waals surface area contributed by atoms with Crippen LogP contribution in [0, 0.1) is 11.8 Å². The number of ketones is 1. The average molecular weight is 374 g/mol. The normalized spacial score (nSPS) is 14.9. The molecule has 0 saturated carbocycles. The van der Waals surface area contributed by atoms with Crippen molar-refractivity contribution in [2.24, 2.45) is 11.8 Å². The molecule has 6 heteroatoms. The van der Waals surface area contributed by atoms with E-state index in [-0.39, 0.29) is 31.3 Å². The molecular formula is C20H39NO5. The number of hydrogen-bond donors (Lipinski definition) is 4. The lowest BCUT2D eigenvalue weighted by atomic mass is 9.96. The van der Waals surface area contributed by atoms with Crippen LogP contribution in [-0.2, 0) is 9.59 Å². The van der Waals surface area contributed by atoms with Crippen LogP contribution in [-0.4, -0.2) is 52.4 Å². The SMILES string of the molecule is CCCCCCCC(O)CC(=O)CC(CO)C(=O)NC(CO)CC(C)C. The second-order valence-corrected chi connectivity index (χ2v) is 7.70. The number of amides is 1. The highest BCUT2D eigenvalue weighted by Gasteiger charge is 2.24. The lowest BCUT2D eigenvalue weighted by molar-refractivity contribution is -0.132. The van der Waals surface area contributed by atoms with Crippen LogP contribution >= 0.6 is 0 Å². The van der Waals surface area contributed by atoms with Crippen molar-refractivity contribution in [1.29, 1.82) is 0 Å². The van der Waals surface area contributed by atoms with Crippen molar-refractivity contribution < 1.29 is 24.9 Å². The molecule has 0 aliphatic heterocycles. The largest absolute Gasteiger partial charge is 0.396 e. The third-order valence-corrected chi connectivity index (χ3v) is 4.49. The molecule has 3 atom stereocenters. The first-order chi connectivity index (χ1) is 12.3. The number of nitrogens with one attached hydrogen (secondary N) is 1. The van der Waals surface area contributed by atoms with Gasteiger partial charge in [0.1, 0.15) is 5.78 Å². The second-order valence-electron chi connectivity index (χ2n) is 7.70. The van der Waals surface area contributed by atoms with E-state index in [0.29, 0.717) is 18.8 Å². The molecule has 0 fully saturated rings. The highest BCUT2D eigenvalue weighted by Crippen LogP contribution is 2.13. The number of rotatable bonds is 16. The number of aliphatic hydroxyl groups is 3. The minimum Gasteiger partial charge on any atom is -0.396 e. The molecule has 154 valence electrons. The van der Waals surface area contributed by atoms with Gasteiger partial charge in [0.05, 0.1) is 31.3 Å². The van der Waals surface area contributed by atoms with Crippen LogP contribution in [0.15, 0.2) is 0 Å². The van der Waals surface area contributed by atoms with Gasteiger partial charge in [0.25, 0.3) is 0 Å². The van der Waals surface area contributed by atoms with Gasteiger partial charge in [-0.15, -0.1) is 0 Å². The van der Waals surface area contributed by atoms with Crippen LogP contribution in [0.4, 0.5) is 0 Å². The zero-order valence-corrected chi connectivity index (χ0v) is 16.7. The van der Waals surface area contributed by atoms with Crippen molar-refractivity contribution in [2.75, 3.05) is 13.2 Å². The smallest absolute Gasteiger partial charge is 0.226 e. The Morgan fingerprint density at radius 2 is 1.62 bits per heavy atom. The molecule has 0 aliphatic carbocycles. The zero-order valence-electron chi connectivity index (χ0n) is 16.7. The third-order valence-electron chi connectivity index (χ3n) is 4.49. The van der Waals surface area contributed by atoms with E-state index in [9.17, 15) is 24.9 Å². The molecule has 1 amide bonds. The van der Waals surface area contributed by atoms with Crippen LogP contribution in [0.1, 0.15) is 78.6 Å². The summed E-state index contributed by atoms with van der Waals surface area (Å²) in [6.07, 6.45) is 5.92. The summed E-state index contributed by atoms with van der Waals surface area (Å²) in [7, 11) is 0. The van der Waals surface area contributed by atoms with Crippen LogP contribution in [0.3, 0.4) is 0 Å². The fourth-order valence-corrected chi connectivity index (χ4v) is 3.01. The first-order valence-corrected chi connectivity index (χ1v) is 10.1. The van der Waals surface area contributed by atoms with E-state index in [4.69, 9.17) is 0 Å². The Labute approximate surface area is 158 Å². The van der Waals surface area contributed by atoms with Gasteiger partial charge in [-0.25, -0.2) is 0 Å². The van der Waals surface area contributed by atoms with Crippen LogP contribution in [0.2, 0.25) is 0 Å². The number of hydrogen-bond acceptors (Lipinski definition) is 5. The number of aliphatic hydroxyl groups excluding tert-OH is 3. The minimum atomic E-state index is -0.833. The monoisotopic (exact) mass is 373 g/mol. The fraction of sp³-hybridized carbons (Fsp3) is 0.900. The topological polar surface area (TPSA) is 107 Å². The lowest BCUT2D eigenvalue weighted by Crippen LogP contribution is -2.43. The van der Waals surface area contributed by atoms with Gasteiger partial charge in [-0.2, -0.15) is 0 Å². The van der Waals surface area contributed by atoms with Gasteiger partial charge < -0.3 is 20.6 Å². The molecule has 0 saturated heterocycles. The van der Waals surface area contributed by atoms with Crippen LogP contribution < -0.4 is 5.32 Å². The molecule has 0 aromatic heterocycles. The van der Waals surface area contributed by atoms with E-state index >= 15 is 0 Å². The van der Waals surface area contributed by atoms with Gasteiger partial charge in [-0.05, 0) is 18.8 Å². The molecule has 3 unspecified atom stereocenters. The average Bonchev–Trinajstić information content (AvgIpc) is 2.58. The first-order valence-electron chi connectivity index (χ1n) is 10.1. The summed E-state index contributed by atoms with van der Waals surface area (Å²) in [5.41, 5.74) is 0. The number of Topliss-reactive ketones (excluding diaryl/α,β-unsaturated/α-hetero) is 1. The van der Waals surface area contributed by atoms with Crippen molar-refractivity contribution in [3.8, 4) is 0 Å². The maximum absolute atomic E-state index is 12.2. The van der Waals surface area contributed by atoms with Gasteiger partial charge >= 0.3 is 0 Å². The van der Waals surface area contributed by atoms with E-state index in [2.05, 4.69) is 12.2 Å². The summed E-state index contributed by atoms with van der Waals surface area (Å²) in [5.74, 6) is -1.16. The molecular weight excluding hydrogens is 334 g/mol. The Kier molecular flexibility index (Phi) is 14.5. The Bertz CT molecular complexity index is 386. The molecule has 0 radical (unpaired) electrons. The molecule has 4 N–H and O–H groups in total. The fourth-order valence-electron chi connectivity index (χ4n) is 3.01. The second kappa shape index (κ2) is 15.1. The predicted molar refractivity (Wildman–Crippen MR) is 103 cm³/mol. The highest BCUT2D eigenvalue weighted by molar-refractivity contribution is 5.87. The van der Waals surface area contributed by atoms with Crippen molar-refractivity contribution >= 4 is 11.7 Å². The van der Waals surface area contributed by atoms with E-state index in [1.54, 1.807) is 0 Å². The zero-order chi connectivity index (χ0) is 19.9. The van der Waals surface area contributed by atoms with Gasteiger partial charge in [0.15, 0.2) is 0 Å². The molecule has 0 aliphatic rings. The van der Waals surface area contributed by atoms with E-state index in [0.717, 1.165) is 19.3 Å². The van der Waals surface area contributed by atoms with Gasteiger partial charge in [-0.3, -0.25) is 9.59 Å². The molecule has 0 heterocycles. The van der Waals surface area contributed by atoms with E-state index in [1.165, 1.54) is 12.8 Å². The number of unbranched alkanes of at least 4 members (excludes halogenated alkanes) is 4. The van der Waals surface area contributed by atoms with E-state index in [1.807, 2.05) is 13.8 Å². The standard InChI is InChI=1S/C20H39NO5/c1-4-5-6-7-8-9-18(24)12-19(25)11-16(13-22)20(26)21-17(14-23)10-15(2)3/h15-18,22-24H,4-14H2,1-3H3,(H,21,26). The Morgan fingerprint density at radius 1 is 0.962 bits per heavy atom. The first kappa shape index (κ1) is 25.0. The van der Waals surface area contributed by atoms with Gasteiger partial charge in [0, 0.05) is 12.8 Å². The summed E-state index contributed by atoms with van der Waals surface area (Å²) in [4.78, 5) is 24.3. The molecule has 0 rings (SSSR count). The van der Waals surface area contributed by atoms with Crippen LogP contribution in [0.25, 0.3) is 0 Å². The summed E-state index contributed by atoms with van der Waals surface area (Å²) in [6.45, 7) is 5.53.